The van der Waals surface area contributed by atoms with E-state index in [1.807, 2.05) is 17.5 Å². The van der Waals surface area contributed by atoms with Gasteiger partial charge in [-0.2, -0.15) is 0 Å². The van der Waals surface area contributed by atoms with Crippen molar-refractivity contribution in [2.75, 3.05) is 5.32 Å². The number of halogens is 2. The summed E-state index contributed by atoms with van der Waals surface area (Å²) in [5, 5.41) is 6.62. The Morgan fingerprint density at radius 2 is 2.09 bits per heavy atom. The van der Waals surface area contributed by atoms with Crippen LogP contribution in [0.3, 0.4) is 0 Å². The lowest BCUT2D eigenvalue weighted by Gasteiger charge is -2.01. The first kappa shape index (κ1) is 15.8. The van der Waals surface area contributed by atoms with Gasteiger partial charge in [-0.05, 0) is 36.1 Å². The Morgan fingerprint density at radius 1 is 1.22 bits per heavy atom. The lowest BCUT2D eigenvalue weighted by atomic mass is 10.1. The lowest BCUT2D eigenvalue weighted by molar-refractivity contribution is -0.116. The van der Waals surface area contributed by atoms with Crippen LogP contribution in [0.2, 0.25) is 0 Å². The van der Waals surface area contributed by atoms with Crippen LogP contribution < -0.4 is 5.32 Å². The number of nitrogens with zero attached hydrogens (tertiary/aromatic N) is 1. The van der Waals surface area contributed by atoms with E-state index in [1.54, 1.807) is 16.7 Å². The SMILES string of the molecule is O=C(CCc1cccs1)Nc1nc(-c2cc(F)ccc2F)cs1. The van der Waals surface area contributed by atoms with Crippen molar-refractivity contribution >= 4 is 33.7 Å². The van der Waals surface area contributed by atoms with Crippen molar-refractivity contribution in [3.8, 4) is 11.3 Å². The van der Waals surface area contributed by atoms with E-state index in [0.29, 0.717) is 23.7 Å². The first-order valence-corrected chi connectivity index (χ1v) is 8.61. The quantitative estimate of drug-likeness (QED) is 0.723. The molecule has 2 heterocycles. The Labute approximate surface area is 139 Å². The molecule has 0 bridgehead atoms. The third-order valence-electron chi connectivity index (χ3n) is 3.13. The lowest BCUT2D eigenvalue weighted by Crippen LogP contribution is -2.11. The van der Waals surface area contributed by atoms with Gasteiger partial charge in [-0.1, -0.05) is 6.07 Å². The van der Waals surface area contributed by atoms with Crippen LogP contribution in [-0.2, 0) is 11.2 Å². The van der Waals surface area contributed by atoms with E-state index >= 15 is 0 Å². The molecule has 0 unspecified atom stereocenters. The molecule has 0 spiro atoms. The maximum atomic E-state index is 13.7. The summed E-state index contributed by atoms with van der Waals surface area (Å²) in [5.41, 5.74) is 0.390. The summed E-state index contributed by atoms with van der Waals surface area (Å²) in [6.07, 6.45) is 1.02. The first-order valence-electron chi connectivity index (χ1n) is 6.85. The number of hydrogen-bond donors (Lipinski definition) is 1. The van der Waals surface area contributed by atoms with Gasteiger partial charge in [-0.3, -0.25) is 4.79 Å². The van der Waals surface area contributed by atoms with Gasteiger partial charge in [-0.15, -0.1) is 22.7 Å². The van der Waals surface area contributed by atoms with Crippen LogP contribution >= 0.6 is 22.7 Å². The average Bonchev–Trinajstić information content (AvgIpc) is 3.19. The maximum Gasteiger partial charge on any atom is 0.226 e. The van der Waals surface area contributed by atoms with Gasteiger partial charge in [0.05, 0.1) is 5.69 Å². The molecule has 2 aromatic heterocycles. The van der Waals surface area contributed by atoms with Gasteiger partial charge in [0.15, 0.2) is 5.13 Å². The highest BCUT2D eigenvalue weighted by atomic mass is 32.1. The van der Waals surface area contributed by atoms with Gasteiger partial charge in [0.25, 0.3) is 0 Å². The van der Waals surface area contributed by atoms with Gasteiger partial charge in [0.2, 0.25) is 5.91 Å². The van der Waals surface area contributed by atoms with Crippen molar-refractivity contribution in [3.05, 3.63) is 57.6 Å². The highest BCUT2D eigenvalue weighted by molar-refractivity contribution is 7.14. The summed E-state index contributed by atoms with van der Waals surface area (Å²) in [7, 11) is 0. The summed E-state index contributed by atoms with van der Waals surface area (Å²) in [6.45, 7) is 0. The summed E-state index contributed by atoms with van der Waals surface area (Å²) in [6, 6.07) is 7.12. The van der Waals surface area contributed by atoms with Crippen LogP contribution in [0.15, 0.2) is 41.1 Å². The Morgan fingerprint density at radius 3 is 2.87 bits per heavy atom. The van der Waals surface area contributed by atoms with E-state index in [2.05, 4.69) is 10.3 Å². The van der Waals surface area contributed by atoms with Crippen molar-refractivity contribution < 1.29 is 13.6 Å². The number of anilines is 1. The number of aryl methyl sites for hydroxylation is 1. The standard InChI is InChI=1S/C16H12F2N2OS2/c17-10-3-5-13(18)12(8-10)14-9-23-16(19-14)20-15(21)6-4-11-2-1-7-22-11/h1-3,5,7-9H,4,6H2,(H,19,20,21). The van der Waals surface area contributed by atoms with E-state index in [1.165, 1.54) is 11.3 Å². The molecule has 7 heteroatoms. The van der Waals surface area contributed by atoms with Gasteiger partial charge < -0.3 is 5.32 Å². The number of thiazole rings is 1. The Hall–Kier alpha value is -2.12. The number of aromatic nitrogens is 1. The molecule has 0 saturated carbocycles. The Kier molecular flexibility index (Phi) is 4.78. The molecule has 3 nitrogen and oxygen atoms in total. The molecule has 1 amide bonds. The van der Waals surface area contributed by atoms with E-state index in [4.69, 9.17) is 0 Å². The second-order valence-corrected chi connectivity index (χ2v) is 6.68. The predicted molar refractivity (Wildman–Crippen MR) is 88.7 cm³/mol. The molecule has 3 rings (SSSR count). The molecule has 0 atom stereocenters. The van der Waals surface area contributed by atoms with Crippen LogP contribution in [0, 0.1) is 11.6 Å². The topological polar surface area (TPSA) is 42.0 Å². The molecule has 0 saturated heterocycles. The summed E-state index contributed by atoms with van der Waals surface area (Å²) >= 11 is 2.79. The van der Waals surface area contributed by atoms with Crippen molar-refractivity contribution in [1.82, 2.24) is 4.98 Å². The molecular weight excluding hydrogens is 338 g/mol. The Balaban J connectivity index is 1.65. The molecule has 1 N–H and O–H groups in total. The number of thiophene rings is 1. The number of hydrogen-bond acceptors (Lipinski definition) is 4. The minimum atomic E-state index is -0.549. The molecule has 3 aromatic rings. The largest absolute Gasteiger partial charge is 0.302 e. The molecule has 0 radical (unpaired) electrons. The number of amides is 1. The van der Waals surface area contributed by atoms with Crippen LogP contribution in [0.25, 0.3) is 11.3 Å². The minimum Gasteiger partial charge on any atom is -0.302 e. The molecule has 1 aromatic carbocycles. The van der Waals surface area contributed by atoms with Crippen LogP contribution in [-0.4, -0.2) is 10.9 Å². The van der Waals surface area contributed by atoms with Crippen molar-refractivity contribution in [1.29, 1.82) is 0 Å². The number of carbonyl (C=O) groups is 1. The number of carbonyl (C=O) groups excluding carboxylic acids is 1. The molecule has 23 heavy (non-hydrogen) atoms. The first-order chi connectivity index (χ1) is 11.1. The van der Waals surface area contributed by atoms with Gasteiger partial charge in [-0.25, -0.2) is 13.8 Å². The van der Waals surface area contributed by atoms with Crippen LogP contribution in [0.5, 0.6) is 0 Å². The van der Waals surface area contributed by atoms with Gasteiger partial charge >= 0.3 is 0 Å². The minimum absolute atomic E-state index is 0.0836. The summed E-state index contributed by atoms with van der Waals surface area (Å²) < 4.78 is 26.9. The zero-order valence-electron chi connectivity index (χ0n) is 11.9. The molecule has 0 aliphatic carbocycles. The zero-order valence-corrected chi connectivity index (χ0v) is 13.5. The molecule has 0 fully saturated rings. The number of rotatable bonds is 5. The normalized spacial score (nSPS) is 10.7. The second kappa shape index (κ2) is 6.97. The number of nitrogens with one attached hydrogen (secondary N) is 1. The van der Waals surface area contributed by atoms with Crippen LogP contribution in [0.4, 0.5) is 13.9 Å². The third kappa shape index (κ3) is 4.00. The summed E-state index contributed by atoms with van der Waals surface area (Å²) in [5.74, 6) is -1.23. The fourth-order valence-corrected chi connectivity index (χ4v) is 3.46. The van der Waals surface area contributed by atoms with Crippen molar-refractivity contribution in [2.24, 2.45) is 0 Å². The molecule has 0 aliphatic rings. The maximum absolute atomic E-state index is 13.7. The second-order valence-electron chi connectivity index (χ2n) is 4.79. The fourth-order valence-electron chi connectivity index (χ4n) is 2.02. The number of benzene rings is 1. The Bertz CT molecular complexity index is 815. The van der Waals surface area contributed by atoms with E-state index in [0.717, 1.165) is 23.1 Å². The van der Waals surface area contributed by atoms with Crippen molar-refractivity contribution in [2.45, 2.75) is 12.8 Å². The van der Waals surface area contributed by atoms with Crippen LogP contribution in [0.1, 0.15) is 11.3 Å². The smallest absolute Gasteiger partial charge is 0.226 e. The third-order valence-corrected chi connectivity index (χ3v) is 4.83. The van der Waals surface area contributed by atoms with Gasteiger partial charge in [0, 0.05) is 22.2 Å². The monoisotopic (exact) mass is 350 g/mol. The average molecular weight is 350 g/mol. The fraction of sp³-hybridized carbons (Fsp3) is 0.125. The van der Waals surface area contributed by atoms with Crippen molar-refractivity contribution in [3.63, 3.8) is 0 Å². The molecule has 0 aliphatic heterocycles. The van der Waals surface area contributed by atoms with E-state index in [-0.39, 0.29) is 11.5 Å². The molecule has 118 valence electrons. The summed E-state index contributed by atoms with van der Waals surface area (Å²) in [4.78, 5) is 17.2. The highest BCUT2D eigenvalue weighted by Gasteiger charge is 2.12. The van der Waals surface area contributed by atoms with Gasteiger partial charge in [0.1, 0.15) is 11.6 Å². The highest BCUT2D eigenvalue weighted by Crippen LogP contribution is 2.27. The zero-order chi connectivity index (χ0) is 16.2. The van der Waals surface area contributed by atoms with E-state index < -0.39 is 11.6 Å². The van der Waals surface area contributed by atoms with E-state index in [9.17, 15) is 13.6 Å². The predicted octanol–water partition coefficient (Wildman–Crippen LogP) is 4.72. The molecular formula is C16H12F2N2OS2.